The Morgan fingerprint density at radius 3 is 2.48 bits per heavy atom. The third-order valence-electron chi connectivity index (χ3n) is 4.65. The molecular weight excluding hydrogens is 300 g/mol. The summed E-state index contributed by atoms with van der Waals surface area (Å²) < 4.78 is 5.47. The summed E-state index contributed by atoms with van der Waals surface area (Å²) in [6, 6.07) is 19.5. The Hall–Kier alpha value is -1.67. The van der Waals surface area contributed by atoms with Crippen LogP contribution in [0, 0.1) is 0 Å². The average molecular weight is 324 g/mol. The van der Waals surface area contributed by atoms with E-state index in [2.05, 4.69) is 73.0 Å². The first-order valence-corrected chi connectivity index (χ1v) is 9.19. The molecule has 0 bridgehead atoms. The Morgan fingerprint density at radius 1 is 1.09 bits per heavy atom. The van der Waals surface area contributed by atoms with Crippen molar-refractivity contribution in [2.75, 3.05) is 7.11 Å². The van der Waals surface area contributed by atoms with E-state index >= 15 is 0 Å². The molecule has 0 aromatic heterocycles. The number of ether oxygens (including phenoxy) is 1. The highest BCUT2D eigenvalue weighted by Gasteiger charge is 2.36. The molecule has 1 aliphatic heterocycles. The Balaban J connectivity index is 1.90. The van der Waals surface area contributed by atoms with Crippen molar-refractivity contribution < 1.29 is 4.74 Å². The van der Waals surface area contributed by atoms with Gasteiger partial charge in [0.1, 0.15) is 5.75 Å². The molecule has 0 unspecified atom stereocenters. The van der Waals surface area contributed by atoms with Crippen molar-refractivity contribution >= 4 is 11.8 Å². The van der Waals surface area contributed by atoms with Gasteiger partial charge in [-0.3, -0.25) is 0 Å². The fourth-order valence-corrected chi connectivity index (χ4v) is 4.85. The number of rotatable bonds is 5. The first kappa shape index (κ1) is 16.2. The Bertz CT molecular complexity index is 647. The maximum Gasteiger partial charge on any atom is 0.118 e. The molecule has 120 valence electrons. The lowest BCUT2D eigenvalue weighted by Gasteiger charge is -2.38. The highest BCUT2D eigenvalue weighted by Crippen LogP contribution is 2.51. The largest absolute Gasteiger partial charge is 0.497 e. The summed E-state index contributed by atoms with van der Waals surface area (Å²) in [5.41, 5.74) is 2.83. The van der Waals surface area contributed by atoms with Crippen LogP contribution in [0.1, 0.15) is 43.2 Å². The lowest BCUT2D eigenvalue weighted by atomic mass is 9.81. The van der Waals surface area contributed by atoms with Gasteiger partial charge in [-0.15, -0.1) is 11.8 Å². The first-order valence-electron chi connectivity index (χ1n) is 8.31. The van der Waals surface area contributed by atoms with Crippen molar-refractivity contribution in [3.05, 3.63) is 77.2 Å². The van der Waals surface area contributed by atoms with Crippen LogP contribution in [0.4, 0.5) is 0 Å². The number of thioether (sulfide) groups is 1. The number of hydrogen-bond acceptors (Lipinski definition) is 2. The van der Waals surface area contributed by atoms with Crippen molar-refractivity contribution in [1.82, 2.24) is 0 Å². The van der Waals surface area contributed by atoms with Crippen LogP contribution >= 0.6 is 11.8 Å². The zero-order chi connectivity index (χ0) is 16.1. The molecule has 0 saturated carbocycles. The third kappa shape index (κ3) is 3.48. The van der Waals surface area contributed by atoms with Crippen LogP contribution in [0.3, 0.4) is 0 Å². The van der Waals surface area contributed by atoms with Crippen LogP contribution in [0.15, 0.2) is 66.1 Å². The zero-order valence-electron chi connectivity index (χ0n) is 13.9. The van der Waals surface area contributed by atoms with E-state index in [0.717, 1.165) is 12.2 Å². The second-order valence-electron chi connectivity index (χ2n) is 6.14. The van der Waals surface area contributed by atoms with Gasteiger partial charge in [-0.2, -0.15) is 0 Å². The maximum absolute atomic E-state index is 5.28. The van der Waals surface area contributed by atoms with Crippen molar-refractivity contribution in [3.63, 3.8) is 0 Å². The summed E-state index contributed by atoms with van der Waals surface area (Å²) in [4.78, 5) is 0. The Morgan fingerprint density at radius 2 is 1.83 bits per heavy atom. The summed E-state index contributed by atoms with van der Waals surface area (Å²) in [5, 5.41) is 2.31. The number of benzene rings is 2. The van der Waals surface area contributed by atoms with Gasteiger partial charge in [-0.25, -0.2) is 0 Å². The Kier molecular flexibility index (Phi) is 5.12. The molecular formula is C21H24OS. The topological polar surface area (TPSA) is 9.23 Å². The SMILES string of the molecule is CCC[C@]1(c2ccccc2)C[C@H](c2ccc(OC)cc2)C=CS1. The van der Waals surface area contributed by atoms with Gasteiger partial charge in [-0.1, -0.05) is 61.9 Å². The molecule has 3 rings (SSSR count). The van der Waals surface area contributed by atoms with E-state index in [1.54, 1.807) is 7.11 Å². The summed E-state index contributed by atoms with van der Waals surface area (Å²) in [6.07, 6.45) is 5.91. The van der Waals surface area contributed by atoms with Gasteiger partial charge in [0.05, 0.1) is 7.11 Å². The fourth-order valence-electron chi connectivity index (χ4n) is 3.45. The first-order chi connectivity index (χ1) is 11.3. The number of hydrogen-bond donors (Lipinski definition) is 0. The normalized spacial score (nSPS) is 23.7. The molecule has 0 radical (unpaired) electrons. The molecule has 2 aromatic rings. The molecule has 2 atom stereocenters. The van der Waals surface area contributed by atoms with Gasteiger partial charge in [0.25, 0.3) is 0 Å². The average Bonchev–Trinajstić information content (AvgIpc) is 2.63. The minimum absolute atomic E-state index is 0.190. The fraction of sp³-hybridized carbons (Fsp3) is 0.333. The molecule has 0 aliphatic carbocycles. The maximum atomic E-state index is 5.28. The van der Waals surface area contributed by atoms with Crippen LogP contribution in [0.25, 0.3) is 0 Å². The second kappa shape index (κ2) is 7.27. The van der Waals surface area contributed by atoms with E-state index in [9.17, 15) is 0 Å². The van der Waals surface area contributed by atoms with Gasteiger partial charge in [0.15, 0.2) is 0 Å². The molecule has 2 heteroatoms. The van der Waals surface area contributed by atoms with Gasteiger partial charge in [-0.05, 0) is 41.5 Å². The summed E-state index contributed by atoms with van der Waals surface area (Å²) in [5.74, 6) is 1.39. The standard InChI is InChI=1S/C21H24OS/c1-3-14-21(19-7-5-4-6-8-19)16-18(13-15-23-21)17-9-11-20(22-2)12-10-17/h4-13,15,18H,3,14,16H2,1-2H3/t18-,21-/m1/s1. The van der Waals surface area contributed by atoms with E-state index in [0.29, 0.717) is 5.92 Å². The number of allylic oxidation sites excluding steroid dienone is 1. The minimum atomic E-state index is 0.190. The quantitative estimate of drug-likeness (QED) is 0.654. The molecule has 0 spiro atoms. The summed E-state index contributed by atoms with van der Waals surface area (Å²) in [6.45, 7) is 2.28. The highest BCUT2D eigenvalue weighted by molar-refractivity contribution is 8.03. The molecule has 1 nitrogen and oxygen atoms in total. The van der Waals surface area contributed by atoms with Crippen molar-refractivity contribution in [2.24, 2.45) is 0 Å². The van der Waals surface area contributed by atoms with Crippen LogP contribution in [-0.4, -0.2) is 7.11 Å². The lowest BCUT2D eigenvalue weighted by Crippen LogP contribution is -2.26. The van der Waals surface area contributed by atoms with E-state index in [-0.39, 0.29) is 4.75 Å². The van der Waals surface area contributed by atoms with Gasteiger partial charge < -0.3 is 4.74 Å². The van der Waals surface area contributed by atoms with Crippen LogP contribution < -0.4 is 4.74 Å². The highest BCUT2D eigenvalue weighted by atomic mass is 32.2. The van der Waals surface area contributed by atoms with Crippen LogP contribution in [0.5, 0.6) is 5.75 Å². The van der Waals surface area contributed by atoms with E-state index in [4.69, 9.17) is 4.74 Å². The summed E-state index contributed by atoms with van der Waals surface area (Å²) >= 11 is 1.99. The third-order valence-corrected chi connectivity index (χ3v) is 6.00. The van der Waals surface area contributed by atoms with E-state index in [1.165, 1.54) is 24.0 Å². The van der Waals surface area contributed by atoms with Gasteiger partial charge >= 0.3 is 0 Å². The molecule has 0 fully saturated rings. The van der Waals surface area contributed by atoms with E-state index in [1.807, 2.05) is 11.8 Å². The predicted octanol–water partition coefficient (Wildman–Crippen LogP) is 6.13. The molecule has 23 heavy (non-hydrogen) atoms. The van der Waals surface area contributed by atoms with Crippen molar-refractivity contribution in [2.45, 2.75) is 36.9 Å². The molecule has 1 heterocycles. The smallest absolute Gasteiger partial charge is 0.118 e. The molecule has 0 amide bonds. The van der Waals surface area contributed by atoms with Crippen molar-refractivity contribution in [1.29, 1.82) is 0 Å². The Labute approximate surface area is 143 Å². The minimum Gasteiger partial charge on any atom is -0.497 e. The molecule has 1 aliphatic rings. The van der Waals surface area contributed by atoms with Crippen LogP contribution in [0.2, 0.25) is 0 Å². The monoisotopic (exact) mass is 324 g/mol. The van der Waals surface area contributed by atoms with Crippen LogP contribution in [-0.2, 0) is 4.75 Å². The zero-order valence-corrected chi connectivity index (χ0v) is 14.7. The molecule has 0 saturated heterocycles. The van der Waals surface area contributed by atoms with Gasteiger partial charge in [0.2, 0.25) is 0 Å². The van der Waals surface area contributed by atoms with E-state index < -0.39 is 0 Å². The van der Waals surface area contributed by atoms with Gasteiger partial charge in [0, 0.05) is 10.7 Å². The molecule has 2 aromatic carbocycles. The van der Waals surface area contributed by atoms with Crippen molar-refractivity contribution in [3.8, 4) is 5.75 Å². The second-order valence-corrected chi connectivity index (χ2v) is 7.43. The predicted molar refractivity (Wildman–Crippen MR) is 100 cm³/mol. The molecule has 0 N–H and O–H groups in total. The number of methoxy groups -OCH3 is 1. The lowest BCUT2D eigenvalue weighted by molar-refractivity contribution is 0.414. The summed E-state index contributed by atoms with van der Waals surface area (Å²) in [7, 11) is 1.72.